The first-order valence-corrected chi connectivity index (χ1v) is 16.7. The maximum atomic E-state index is 15.2. The topological polar surface area (TPSA) is 126 Å². The van der Waals surface area contributed by atoms with E-state index >= 15 is 4.39 Å². The molecular formula is C36H38F2N4O5S. The van der Waals surface area contributed by atoms with Crippen LogP contribution in [0.15, 0.2) is 59.5 Å². The third-order valence-corrected chi connectivity index (χ3v) is 9.60. The number of nitrogens with zero attached hydrogens (tertiary/aromatic N) is 3. The summed E-state index contributed by atoms with van der Waals surface area (Å²) >= 11 is 1.59. The van der Waals surface area contributed by atoms with Crippen molar-refractivity contribution >= 4 is 35.2 Å². The lowest BCUT2D eigenvalue weighted by Gasteiger charge is -2.33. The van der Waals surface area contributed by atoms with Gasteiger partial charge in [0.15, 0.2) is 0 Å². The van der Waals surface area contributed by atoms with Gasteiger partial charge in [0, 0.05) is 46.3 Å². The summed E-state index contributed by atoms with van der Waals surface area (Å²) < 4.78 is 41.0. The van der Waals surface area contributed by atoms with Crippen LogP contribution in [0.4, 0.5) is 14.5 Å². The average Bonchev–Trinajstić information content (AvgIpc) is 3.36. The normalized spacial score (nSPS) is 15.5. The summed E-state index contributed by atoms with van der Waals surface area (Å²) in [4.78, 5) is 42.0. The Balaban J connectivity index is 1.17. The second-order valence-corrected chi connectivity index (χ2v) is 14.3. The highest BCUT2D eigenvalue weighted by Gasteiger charge is 2.37. The highest BCUT2D eigenvalue weighted by molar-refractivity contribution is 8.00. The minimum absolute atomic E-state index is 0.0184. The maximum Gasteiger partial charge on any atom is 0.306 e. The lowest BCUT2D eigenvalue weighted by atomic mass is 10.1. The number of halogens is 2. The summed E-state index contributed by atoms with van der Waals surface area (Å²) in [5.74, 6) is -2.05. The van der Waals surface area contributed by atoms with Gasteiger partial charge in [-0.3, -0.25) is 14.4 Å². The van der Waals surface area contributed by atoms with Gasteiger partial charge in [-0.15, -0.1) is 11.8 Å². The third-order valence-electron chi connectivity index (χ3n) is 8.27. The minimum Gasteiger partial charge on any atom is -0.488 e. The van der Waals surface area contributed by atoms with Crippen molar-refractivity contribution in [2.24, 2.45) is 5.73 Å². The molecule has 0 unspecified atom stereocenters. The van der Waals surface area contributed by atoms with E-state index in [1.165, 1.54) is 17.0 Å². The van der Waals surface area contributed by atoms with E-state index in [4.69, 9.17) is 20.5 Å². The number of benzene rings is 3. The molecule has 0 spiro atoms. The number of piperidine rings is 1. The Morgan fingerprint density at radius 2 is 1.83 bits per heavy atom. The molecule has 0 aliphatic carbocycles. The Morgan fingerprint density at radius 3 is 2.48 bits per heavy atom. The summed E-state index contributed by atoms with van der Waals surface area (Å²) in [6.07, 6.45) is 1.52. The number of hydrogen-bond acceptors (Lipinski definition) is 8. The monoisotopic (exact) mass is 676 g/mol. The minimum atomic E-state index is -1.02. The molecule has 5 rings (SSSR count). The summed E-state index contributed by atoms with van der Waals surface area (Å²) in [5.41, 5.74) is 7.00. The van der Waals surface area contributed by atoms with Gasteiger partial charge in [-0.2, -0.15) is 5.26 Å². The molecule has 1 fully saturated rings. The molecule has 9 nitrogen and oxygen atoms in total. The number of amides is 2. The number of carbonyl (C=O) groups is 3. The van der Waals surface area contributed by atoms with E-state index in [0.29, 0.717) is 41.2 Å². The van der Waals surface area contributed by atoms with Crippen LogP contribution in [0.3, 0.4) is 0 Å². The number of hydrogen-bond donors (Lipinski definition) is 1. The molecule has 1 saturated heterocycles. The van der Waals surface area contributed by atoms with Gasteiger partial charge in [0.1, 0.15) is 35.6 Å². The fourth-order valence-corrected chi connectivity index (χ4v) is 7.08. The first-order valence-electron chi connectivity index (χ1n) is 15.8. The molecule has 3 aromatic rings. The van der Waals surface area contributed by atoms with Crippen molar-refractivity contribution in [2.75, 3.05) is 18.0 Å². The molecule has 0 bridgehead atoms. The van der Waals surface area contributed by atoms with E-state index in [-0.39, 0.29) is 36.8 Å². The molecule has 3 aromatic carbocycles. The van der Waals surface area contributed by atoms with Crippen LogP contribution in [0.1, 0.15) is 73.5 Å². The Hall–Kier alpha value is -4.63. The molecule has 0 aromatic heterocycles. The second-order valence-electron chi connectivity index (χ2n) is 12.9. The van der Waals surface area contributed by atoms with E-state index in [1.807, 2.05) is 17.0 Å². The van der Waals surface area contributed by atoms with E-state index in [9.17, 15) is 18.8 Å². The number of ether oxygens (including phenoxy) is 2. The van der Waals surface area contributed by atoms with Gasteiger partial charge >= 0.3 is 5.97 Å². The zero-order chi connectivity index (χ0) is 34.6. The number of nitriles is 1. The molecule has 0 radical (unpaired) electrons. The molecule has 12 heteroatoms. The predicted molar refractivity (Wildman–Crippen MR) is 177 cm³/mol. The quantitative estimate of drug-likeness (QED) is 0.241. The molecule has 48 heavy (non-hydrogen) atoms. The molecule has 1 atom stereocenters. The number of thioether (sulfide) groups is 1. The van der Waals surface area contributed by atoms with Gasteiger partial charge in [-0.1, -0.05) is 12.1 Å². The third kappa shape index (κ3) is 8.26. The Morgan fingerprint density at radius 1 is 1.08 bits per heavy atom. The van der Waals surface area contributed by atoms with Crippen molar-refractivity contribution in [1.82, 2.24) is 4.90 Å². The summed E-state index contributed by atoms with van der Waals surface area (Å²) in [6, 6.07) is 15.4. The van der Waals surface area contributed by atoms with Gasteiger partial charge in [-0.25, -0.2) is 8.78 Å². The molecule has 2 heterocycles. The number of primary amides is 1. The highest BCUT2D eigenvalue weighted by atomic mass is 32.2. The molecular weight excluding hydrogens is 638 g/mol. The highest BCUT2D eigenvalue weighted by Crippen LogP contribution is 2.36. The Labute approximate surface area is 283 Å². The number of rotatable bonds is 11. The number of nitrogens with two attached hydrogens (primary N) is 1. The fraction of sp³-hybridized carbons (Fsp3) is 0.389. The average molecular weight is 677 g/mol. The van der Waals surface area contributed by atoms with Crippen molar-refractivity contribution < 1.29 is 32.6 Å². The molecule has 252 valence electrons. The number of carbonyl (C=O) groups excluding carboxylic acids is 3. The van der Waals surface area contributed by atoms with Gasteiger partial charge < -0.3 is 25.0 Å². The van der Waals surface area contributed by atoms with Crippen LogP contribution < -0.4 is 15.4 Å². The lowest BCUT2D eigenvalue weighted by molar-refractivity contribution is -0.155. The zero-order valence-electron chi connectivity index (χ0n) is 27.1. The standard InChI is InChI=1S/C36H38F2N4O5S/c1-36(2,3)47-33(43)12-11-31(34(40)44)42-20-27-26(35(42)45)5-4-6-32(27)46-21-23-8-9-25(18-28(23)37)48-24-13-15-41(16-14-24)30-10-7-22(19-39)17-29(30)38/h4-10,17-18,24,31H,11-16,20-21H2,1-3H3,(H2,40,44)/t31-/m1/s1. The van der Waals surface area contributed by atoms with Crippen LogP contribution in [-0.4, -0.2) is 52.7 Å². The van der Waals surface area contributed by atoms with Gasteiger partial charge in [-0.05, 0) is 82.5 Å². The zero-order valence-corrected chi connectivity index (χ0v) is 27.9. The van der Waals surface area contributed by atoms with Crippen LogP contribution in [-0.2, 0) is 27.5 Å². The van der Waals surface area contributed by atoms with E-state index < -0.39 is 41.1 Å². The first-order chi connectivity index (χ1) is 22.8. The van der Waals surface area contributed by atoms with Crippen molar-refractivity contribution in [2.45, 2.75) is 81.4 Å². The summed E-state index contributed by atoms with van der Waals surface area (Å²) in [6.45, 7) is 6.52. The van der Waals surface area contributed by atoms with Crippen LogP contribution in [0.5, 0.6) is 5.75 Å². The maximum absolute atomic E-state index is 15.2. The van der Waals surface area contributed by atoms with Gasteiger partial charge in [0.05, 0.1) is 23.9 Å². The van der Waals surface area contributed by atoms with Crippen LogP contribution in [0, 0.1) is 23.0 Å². The smallest absolute Gasteiger partial charge is 0.306 e. The van der Waals surface area contributed by atoms with E-state index in [1.54, 1.807) is 68.9 Å². The first kappa shape index (κ1) is 34.7. The molecule has 2 N–H and O–H groups in total. The summed E-state index contributed by atoms with van der Waals surface area (Å²) in [7, 11) is 0. The number of fused-ring (bicyclic) bond motifs is 1. The van der Waals surface area contributed by atoms with Crippen LogP contribution >= 0.6 is 11.8 Å². The van der Waals surface area contributed by atoms with Crippen molar-refractivity contribution in [3.05, 3.63) is 88.5 Å². The van der Waals surface area contributed by atoms with E-state index in [0.717, 1.165) is 17.7 Å². The van der Waals surface area contributed by atoms with Crippen molar-refractivity contribution in [3.63, 3.8) is 0 Å². The molecule has 2 aliphatic heterocycles. The van der Waals surface area contributed by atoms with E-state index in [2.05, 4.69) is 0 Å². The summed E-state index contributed by atoms with van der Waals surface area (Å²) in [5, 5.41) is 9.23. The Kier molecular flexibility index (Phi) is 10.6. The van der Waals surface area contributed by atoms with Crippen molar-refractivity contribution in [1.29, 1.82) is 5.26 Å². The largest absolute Gasteiger partial charge is 0.488 e. The van der Waals surface area contributed by atoms with Crippen molar-refractivity contribution in [3.8, 4) is 11.8 Å². The van der Waals surface area contributed by atoms with Gasteiger partial charge in [0.2, 0.25) is 5.91 Å². The second kappa shape index (κ2) is 14.6. The Bertz CT molecular complexity index is 1750. The lowest BCUT2D eigenvalue weighted by Crippen LogP contribution is -2.45. The SMILES string of the molecule is CC(C)(C)OC(=O)CC[C@H](C(N)=O)N1Cc2c(OCc3ccc(SC4CCN(c5ccc(C#N)cc5F)CC4)cc3F)cccc2C1=O. The molecule has 0 saturated carbocycles. The van der Waals surface area contributed by atoms with Gasteiger partial charge in [0.25, 0.3) is 5.91 Å². The number of anilines is 1. The fourth-order valence-electron chi connectivity index (χ4n) is 5.93. The van der Waals surface area contributed by atoms with Crippen LogP contribution in [0.2, 0.25) is 0 Å². The molecule has 2 aliphatic rings. The number of esters is 1. The molecule has 2 amide bonds. The van der Waals surface area contributed by atoms with Crippen LogP contribution in [0.25, 0.3) is 0 Å². The predicted octanol–water partition coefficient (Wildman–Crippen LogP) is 6.11.